The smallest absolute Gasteiger partial charge is 0.336 e. The quantitative estimate of drug-likeness (QED) is 0.471. The Morgan fingerprint density at radius 1 is 1.31 bits per heavy atom. The van der Waals surface area contributed by atoms with Crippen molar-refractivity contribution in [3.8, 4) is 0 Å². The Hall–Kier alpha value is -2.08. The van der Waals surface area contributed by atoms with Crippen molar-refractivity contribution in [2.75, 3.05) is 27.4 Å². The number of dihydropyridines is 1. The fraction of sp³-hybridized carbons (Fsp3) is 0.435. The Kier molecular flexibility index (Phi) is 11.4. The molecule has 0 spiro atoms. The largest absolute Gasteiger partial charge is 0.466 e. The standard InChI is InChI=1S/C20H25ClN2O2.C3H8O/c1-4-14-17(11-7-8-12-22)23-13(2)18(20(24)25-3)19(14)15-9-5-6-10-16(15)21;1-3-4-2/h4-6,9-10,19,23H,1,7-8,11-12,22H2,2-3H3;3H2,1-2H3. The molecule has 29 heavy (non-hydrogen) atoms. The summed E-state index contributed by atoms with van der Waals surface area (Å²) >= 11 is 6.45. The van der Waals surface area contributed by atoms with E-state index in [2.05, 4.69) is 16.6 Å². The topological polar surface area (TPSA) is 73.6 Å². The summed E-state index contributed by atoms with van der Waals surface area (Å²) in [7, 11) is 3.07. The van der Waals surface area contributed by atoms with E-state index in [1.54, 1.807) is 13.2 Å². The molecule has 0 radical (unpaired) electrons. The molecule has 6 heteroatoms. The molecule has 3 N–H and O–H groups in total. The van der Waals surface area contributed by atoms with Gasteiger partial charge in [0.25, 0.3) is 0 Å². The van der Waals surface area contributed by atoms with Crippen LogP contribution in [0.5, 0.6) is 0 Å². The minimum atomic E-state index is -0.365. The second kappa shape index (κ2) is 13.2. The average Bonchev–Trinajstić information content (AvgIpc) is 2.73. The molecule has 2 rings (SSSR count). The number of allylic oxidation sites excluding steroid dienone is 4. The molecular formula is C23H33ClN2O3. The lowest BCUT2D eigenvalue weighted by Crippen LogP contribution is -2.29. The first-order valence-electron chi connectivity index (χ1n) is 9.81. The second-order valence-electron chi connectivity index (χ2n) is 6.57. The van der Waals surface area contributed by atoms with Crippen LogP contribution in [0.15, 0.2) is 59.5 Å². The van der Waals surface area contributed by atoms with Crippen LogP contribution in [-0.4, -0.2) is 33.3 Å². The maximum Gasteiger partial charge on any atom is 0.336 e. The predicted molar refractivity (Wildman–Crippen MR) is 120 cm³/mol. The summed E-state index contributed by atoms with van der Waals surface area (Å²) < 4.78 is 9.57. The minimum absolute atomic E-state index is 0.298. The van der Waals surface area contributed by atoms with Crippen molar-refractivity contribution < 1.29 is 14.3 Å². The van der Waals surface area contributed by atoms with Crippen LogP contribution in [0.3, 0.4) is 0 Å². The third-order valence-corrected chi connectivity index (χ3v) is 5.05. The van der Waals surface area contributed by atoms with E-state index in [1.165, 1.54) is 7.11 Å². The van der Waals surface area contributed by atoms with Gasteiger partial charge in [0.05, 0.1) is 12.7 Å². The third kappa shape index (κ3) is 6.74. The SMILES string of the molecule is C=CC1=C(CCCCN)NC(C)=C(C(=O)OC)C1c1ccccc1Cl.CCOC. The Labute approximate surface area is 179 Å². The summed E-state index contributed by atoms with van der Waals surface area (Å²) in [4.78, 5) is 12.5. The van der Waals surface area contributed by atoms with E-state index in [1.807, 2.05) is 38.1 Å². The molecule has 0 bridgehead atoms. The minimum Gasteiger partial charge on any atom is -0.466 e. The fourth-order valence-corrected chi connectivity index (χ4v) is 3.46. The fourth-order valence-electron chi connectivity index (χ4n) is 3.22. The Balaban J connectivity index is 0.000000960. The third-order valence-electron chi connectivity index (χ3n) is 4.70. The number of benzene rings is 1. The maximum atomic E-state index is 12.5. The lowest BCUT2D eigenvalue weighted by molar-refractivity contribution is -0.136. The molecule has 1 aromatic carbocycles. The monoisotopic (exact) mass is 420 g/mol. The normalized spacial score (nSPS) is 16.0. The summed E-state index contributed by atoms with van der Waals surface area (Å²) in [6, 6.07) is 7.57. The van der Waals surface area contributed by atoms with Crippen LogP contribution in [0.1, 0.15) is 44.6 Å². The number of esters is 1. The van der Waals surface area contributed by atoms with Crippen LogP contribution in [0.25, 0.3) is 0 Å². The number of hydrogen-bond donors (Lipinski definition) is 2. The van der Waals surface area contributed by atoms with E-state index < -0.39 is 0 Å². The van der Waals surface area contributed by atoms with E-state index in [9.17, 15) is 4.79 Å². The lowest BCUT2D eigenvalue weighted by atomic mass is 9.79. The number of carbonyl (C=O) groups is 1. The molecule has 0 aromatic heterocycles. The lowest BCUT2D eigenvalue weighted by Gasteiger charge is -2.31. The molecular weight excluding hydrogens is 388 g/mol. The van der Waals surface area contributed by atoms with E-state index in [4.69, 9.17) is 22.1 Å². The van der Waals surface area contributed by atoms with Gasteiger partial charge in [0.2, 0.25) is 0 Å². The molecule has 1 atom stereocenters. The molecule has 0 amide bonds. The van der Waals surface area contributed by atoms with Gasteiger partial charge in [-0.3, -0.25) is 0 Å². The number of ether oxygens (including phenoxy) is 2. The summed E-state index contributed by atoms with van der Waals surface area (Å²) in [5, 5.41) is 3.98. The van der Waals surface area contributed by atoms with E-state index in [0.29, 0.717) is 17.1 Å². The van der Waals surface area contributed by atoms with Gasteiger partial charge in [-0.25, -0.2) is 4.79 Å². The second-order valence-corrected chi connectivity index (χ2v) is 6.98. The van der Waals surface area contributed by atoms with Crippen molar-refractivity contribution in [1.82, 2.24) is 5.32 Å². The molecule has 0 aliphatic carbocycles. The van der Waals surface area contributed by atoms with Crippen LogP contribution in [0, 0.1) is 0 Å². The Bertz CT molecular complexity index is 754. The Morgan fingerprint density at radius 3 is 2.48 bits per heavy atom. The van der Waals surface area contributed by atoms with Crippen molar-refractivity contribution in [2.24, 2.45) is 5.73 Å². The van der Waals surface area contributed by atoms with E-state index in [0.717, 1.165) is 48.4 Å². The van der Waals surface area contributed by atoms with E-state index in [-0.39, 0.29) is 11.9 Å². The van der Waals surface area contributed by atoms with Gasteiger partial charge in [-0.15, -0.1) is 0 Å². The summed E-state index contributed by atoms with van der Waals surface area (Å²) in [6.45, 7) is 9.30. The molecule has 1 heterocycles. The molecule has 1 aliphatic heterocycles. The van der Waals surface area contributed by atoms with Crippen LogP contribution in [0.4, 0.5) is 0 Å². The first kappa shape index (κ1) is 25.0. The van der Waals surface area contributed by atoms with Gasteiger partial charge in [0.1, 0.15) is 0 Å². The van der Waals surface area contributed by atoms with Gasteiger partial charge in [-0.1, -0.05) is 42.5 Å². The zero-order valence-corrected chi connectivity index (χ0v) is 18.6. The highest BCUT2D eigenvalue weighted by Gasteiger charge is 2.34. The molecule has 1 aliphatic rings. The molecule has 1 unspecified atom stereocenters. The van der Waals surface area contributed by atoms with Crippen molar-refractivity contribution in [3.05, 3.63) is 70.0 Å². The van der Waals surface area contributed by atoms with Gasteiger partial charge < -0.3 is 20.5 Å². The van der Waals surface area contributed by atoms with Gasteiger partial charge in [-0.2, -0.15) is 0 Å². The highest BCUT2D eigenvalue weighted by atomic mass is 35.5. The van der Waals surface area contributed by atoms with Crippen molar-refractivity contribution in [3.63, 3.8) is 0 Å². The Morgan fingerprint density at radius 2 is 1.97 bits per heavy atom. The summed E-state index contributed by atoms with van der Waals surface area (Å²) in [5.41, 5.74) is 9.84. The molecule has 0 saturated carbocycles. The van der Waals surface area contributed by atoms with Gasteiger partial charge in [-0.05, 0) is 56.9 Å². The number of carbonyl (C=O) groups excluding carboxylic acids is 1. The first-order chi connectivity index (χ1) is 14.0. The first-order valence-corrected chi connectivity index (χ1v) is 10.2. The number of nitrogens with two attached hydrogens (primary N) is 1. The van der Waals surface area contributed by atoms with Crippen LogP contribution >= 0.6 is 11.6 Å². The molecule has 0 saturated heterocycles. The summed E-state index contributed by atoms with van der Waals surface area (Å²) in [6.07, 6.45) is 4.55. The van der Waals surface area contributed by atoms with Gasteiger partial charge in [0, 0.05) is 36.1 Å². The van der Waals surface area contributed by atoms with Crippen molar-refractivity contribution >= 4 is 17.6 Å². The number of unbranched alkanes of at least 4 members (excludes halogenated alkanes) is 1. The maximum absolute atomic E-state index is 12.5. The van der Waals surface area contributed by atoms with Gasteiger partial charge >= 0.3 is 5.97 Å². The van der Waals surface area contributed by atoms with E-state index >= 15 is 0 Å². The van der Waals surface area contributed by atoms with Crippen LogP contribution < -0.4 is 11.1 Å². The van der Waals surface area contributed by atoms with Crippen molar-refractivity contribution in [2.45, 2.75) is 39.0 Å². The number of halogens is 1. The predicted octanol–water partition coefficient (Wildman–Crippen LogP) is 4.70. The zero-order chi connectivity index (χ0) is 21.8. The van der Waals surface area contributed by atoms with Gasteiger partial charge in [0.15, 0.2) is 0 Å². The van der Waals surface area contributed by atoms with Crippen LogP contribution in [0.2, 0.25) is 5.02 Å². The van der Waals surface area contributed by atoms with Crippen LogP contribution in [-0.2, 0) is 14.3 Å². The average molecular weight is 421 g/mol. The highest BCUT2D eigenvalue weighted by Crippen LogP contribution is 2.42. The van der Waals surface area contributed by atoms with Crippen molar-refractivity contribution in [1.29, 1.82) is 0 Å². The molecule has 0 fully saturated rings. The number of methoxy groups -OCH3 is 2. The highest BCUT2D eigenvalue weighted by molar-refractivity contribution is 6.31. The molecule has 5 nitrogen and oxygen atoms in total. The number of hydrogen-bond acceptors (Lipinski definition) is 5. The number of rotatable bonds is 8. The zero-order valence-electron chi connectivity index (χ0n) is 17.9. The number of nitrogens with one attached hydrogen (secondary N) is 1. The summed E-state index contributed by atoms with van der Waals surface area (Å²) in [5.74, 6) is -0.664. The molecule has 160 valence electrons. The molecule has 1 aromatic rings.